The van der Waals surface area contributed by atoms with Crippen LogP contribution in [0.15, 0.2) is 42.6 Å². The molecule has 1 aromatic heterocycles. The smallest absolute Gasteiger partial charge is 0.267 e. The zero-order valence-corrected chi connectivity index (χ0v) is 17.9. The first-order chi connectivity index (χ1) is 14.2. The lowest BCUT2D eigenvalue weighted by Gasteiger charge is -2.10. The maximum atomic E-state index is 11.0. The summed E-state index contributed by atoms with van der Waals surface area (Å²) in [7, 11) is -3.67. The Morgan fingerprint density at radius 2 is 1.77 bits per heavy atom. The van der Waals surface area contributed by atoms with Gasteiger partial charge >= 0.3 is 0 Å². The third-order valence-electron chi connectivity index (χ3n) is 4.68. The van der Waals surface area contributed by atoms with E-state index in [0.717, 1.165) is 24.8 Å². The number of amides is 1. The van der Waals surface area contributed by atoms with Gasteiger partial charge in [0.05, 0.1) is 12.5 Å². The van der Waals surface area contributed by atoms with Crippen LogP contribution in [0.3, 0.4) is 0 Å². The molecular formula is C21H29N3O5S. The summed E-state index contributed by atoms with van der Waals surface area (Å²) in [6, 6.07) is 11.2. The third-order valence-corrected chi connectivity index (χ3v) is 4.68. The fourth-order valence-corrected chi connectivity index (χ4v) is 3.24. The minimum absolute atomic E-state index is 0.228. The average Bonchev–Trinajstić information content (AvgIpc) is 3.19. The summed E-state index contributed by atoms with van der Waals surface area (Å²) >= 11 is 0. The summed E-state index contributed by atoms with van der Waals surface area (Å²) in [6.45, 7) is 1.96. The molecule has 30 heavy (non-hydrogen) atoms. The molecule has 164 valence electrons. The molecule has 1 aromatic carbocycles. The molecule has 1 fully saturated rings. The second kappa shape index (κ2) is 11.6. The minimum Gasteiger partial charge on any atom is -0.456 e. The summed E-state index contributed by atoms with van der Waals surface area (Å²) in [6.07, 6.45) is 9.13. The lowest BCUT2D eigenvalue weighted by atomic mass is 10.0. The van der Waals surface area contributed by atoms with Crippen molar-refractivity contribution < 1.29 is 22.5 Å². The van der Waals surface area contributed by atoms with Crippen LogP contribution in [0, 0.1) is 5.92 Å². The highest BCUT2D eigenvalue weighted by Crippen LogP contribution is 2.27. The van der Waals surface area contributed by atoms with Gasteiger partial charge in [-0.05, 0) is 48.7 Å². The monoisotopic (exact) mass is 435 g/mol. The second-order valence-electron chi connectivity index (χ2n) is 7.34. The number of hydrogen-bond donors (Lipinski definition) is 3. The fraction of sp³-hybridized carbons (Fsp3) is 0.429. The molecule has 0 bridgehead atoms. The Morgan fingerprint density at radius 3 is 2.30 bits per heavy atom. The summed E-state index contributed by atoms with van der Waals surface area (Å²) in [4.78, 5) is 15.0. The first-order valence-corrected chi connectivity index (χ1v) is 11.7. The van der Waals surface area contributed by atoms with E-state index in [1.165, 1.54) is 43.9 Å². The van der Waals surface area contributed by atoms with Crippen molar-refractivity contribution in [1.82, 2.24) is 10.3 Å². The van der Waals surface area contributed by atoms with Crippen molar-refractivity contribution in [2.45, 2.75) is 38.6 Å². The number of benzene rings is 1. The predicted molar refractivity (Wildman–Crippen MR) is 115 cm³/mol. The number of nitrogens with zero attached hydrogens (tertiary/aromatic N) is 1. The molecule has 2 aromatic rings. The highest BCUT2D eigenvalue weighted by Gasteiger charge is 2.13. The number of ether oxygens (including phenoxy) is 1. The van der Waals surface area contributed by atoms with Gasteiger partial charge in [0.1, 0.15) is 17.2 Å². The Morgan fingerprint density at radius 1 is 1.17 bits per heavy atom. The Labute approximate surface area is 177 Å². The van der Waals surface area contributed by atoms with Gasteiger partial charge in [0.25, 0.3) is 16.0 Å². The molecule has 1 amide bonds. The Hall–Kier alpha value is -2.49. The van der Waals surface area contributed by atoms with Gasteiger partial charge in [-0.2, -0.15) is 8.42 Å². The summed E-state index contributed by atoms with van der Waals surface area (Å²) in [5.41, 5.74) is 6.64. The minimum atomic E-state index is -3.67. The standard InChI is InChI=1S/C20H25N3O2.CH4O3S/c21-20(24)19-10-9-18(14-23-19)25-17-7-5-16(6-8-17)13-22-12-11-15-3-1-2-4-15;1-5(2,3)4/h5-10,14-15,22H,1-4,11-13H2,(H2,21,24);1H3,(H,2,3,4). The molecule has 0 aliphatic heterocycles. The highest BCUT2D eigenvalue weighted by molar-refractivity contribution is 7.85. The van der Waals surface area contributed by atoms with Gasteiger partial charge in [-0.3, -0.25) is 9.35 Å². The zero-order chi connectivity index (χ0) is 22.0. The van der Waals surface area contributed by atoms with E-state index in [1.807, 2.05) is 12.1 Å². The zero-order valence-electron chi connectivity index (χ0n) is 17.1. The first kappa shape index (κ1) is 23.8. The summed E-state index contributed by atoms with van der Waals surface area (Å²) in [5, 5.41) is 3.52. The van der Waals surface area contributed by atoms with Crippen LogP contribution in [-0.2, 0) is 16.7 Å². The number of aromatic nitrogens is 1. The molecule has 1 saturated carbocycles. The molecule has 0 saturated heterocycles. The molecule has 1 aliphatic carbocycles. The van der Waals surface area contributed by atoms with Crippen LogP contribution < -0.4 is 15.8 Å². The summed E-state index contributed by atoms with van der Waals surface area (Å²) in [5.74, 6) is 1.70. The Balaban J connectivity index is 0.000000575. The number of primary amides is 1. The summed E-state index contributed by atoms with van der Waals surface area (Å²) < 4.78 is 31.6. The van der Waals surface area contributed by atoms with Gasteiger partial charge in [0.15, 0.2) is 0 Å². The van der Waals surface area contributed by atoms with Crippen LogP contribution in [0.25, 0.3) is 0 Å². The topological polar surface area (TPSA) is 132 Å². The van der Waals surface area contributed by atoms with Crippen molar-refractivity contribution >= 4 is 16.0 Å². The molecule has 0 spiro atoms. The second-order valence-corrected chi connectivity index (χ2v) is 8.80. The molecule has 0 radical (unpaired) electrons. The fourth-order valence-electron chi connectivity index (χ4n) is 3.24. The van der Waals surface area contributed by atoms with Crippen molar-refractivity contribution in [3.63, 3.8) is 0 Å². The van der Waals surface area contributed by atoms with Crippen molar-refractivity contribution in [3.8, 4) is 11.5 Å². The van der Waals surface area contributed by atoms with E-state index >= 15 is 0 Å². The van der Waals surface area contributed by atoms with E-state index in [4.69, 9.17) is 15.0 Å². The quantitative estimate of drug-likeness (QED) is 0.429. The number of carbonyl (C=O) groups excluding carboxylic acids is 1. The largest absolute Gasteiger partial charge is 0.456 e. The third kappa shape index (κ3) is 9.82. The van der Waals surface area contributed by atoms with Gasteiger partial charge in [-0.1, -0.05) is 37.8 Å². The van der Waals surface area contributed by atoms with E-state index in [2.05, 4.69) is 22.4 Å². The number of pyridine rings is 1. The molecule has 8 nitrogen and oxygen atoms in total. The van der Waals surface area contributed by atoms with Crippen LogP contribution >= 0.6 is 0 Å². The Bertz CT molecular complexity index is 885. The van der Waals surface area contributed by atoms with E-state index < -0.39 is 16.0 Å². The molecule has 9 heteroatoms. The van der Waals surface area contributed by atoms with Crippen LogP contribution in [0.4, 0.5) is 0 Å². The molecular weight excluding hydrogens is 406 g/mol. The highest BCUT2D eigenvalue weighted by atomic mass is 32.2. The molecule has 4 N–H and O–H groups in total. The maximum Gasteiger partial charge on any atom is 0.267 e. The molecule has 0 unspecified atom stereocenters. The lowest BCUT2D eigenvalue weighted by molar-refractivity contribution is 0.0995. The van der Waals surface area contributed by atoms with Gasteiger partial charge in [0.2, 0.25) is 0 Å². The van der Waals surface area contributed by atoms with E-state index in [1.54, 1.807) is 12.1 Å². The number of nitrogens with one attached hydrogen (secondary N) is 1. The molecule has 1 heterocycles. The van der Waals surface area contributed by atoms with Gasteiger partial charge in [-0.15, -0.1) is 0 Å². The van der Waals surface area contributed by atoms with Crippen LogP contribution in [0.1, 0.15) is 48.2 Å². The van der Waals surface area contributed by atoms with Crippen LogP contribution in [-0.4, -0.2) is 36.7 Å². The van der Waals surface area contributed by atoms with Crippen LogP contribution in [0.5, 0.6) is 11.5 Å². The van der Waals surface area contributed by atoms with Gasteiger partial charge in [0, 0.05) is 6.54 Å². The lowest BCUT2D eigenvalue weighted by Crippen LogP contribution is -2.16. The van der Waals surface area contributed by atoms with Crippen molar-refractivity contribution in [2.75, 3.05) is 12.8 Å². The number of hydrogen-bond acceptors (Lipinski definition) is 6. The predicted octanol–water partition coefficient (Wildman–Crippen LogP) is 3.15. The van der Waals surface area contributed by atoms with Gasteiger partial charge < -0.3 is 15.8 Å². The molecule has 0 atom stereocenters. The first-order valence-electron chi connectivity index (χ1n) is 9.86. The molecule has 1 aliphatic rings. The SMILES string of the molecule is CS(=O)(=O)O.NC(=O)c1ccc(Oc2ccc(CNCCC3CCCC3)cc2)cn1. The molecule has 3 rings (SSSR count). The number of rotatable bonds is 8. The van der Waals surface area contributed by atoms with Gasteiger partial charge in [-0.25, -0.2) is 4.98 Å². The van der Waals surface area contributed by atoms with Crippen molar-refractivity contribution in [3.05, 3.63) is 53.9 Å². The van der Waals surface area contributed by atoms with E-state index in [9.17, 15) is 13.2 Å². The normalized spacial score (nSPS) is 14.1. The average molecular weight is 436 g/mol. The number of nitrogens with two attached hydrogens (primary N) is 1. The number of carbonyl (C=O) groups is 1. The maximum absolute atomic E-state index is 11.0. The van der Waals surface area contributed by atoms with Crippen molar-refractivity contribution in [1.29, 1.82) is 0 Å². The Kier molecular flexibility index (Phi) is 9.22. The van der Waals surface area contributed by atoms with E-state index in [0.29, 0.717) is 12.0 Å². The van der Waals surface area contributed by atoms with Crippen LogP contribution in [0.2, 0.25) is 0 Å². The van der Waals surface area contributed by atoms with Crippen molar-refractivity contribution in [2.24, 2.45) is 11.7 Å². The van der Waals surface area contributed by atoms with E-state index in [-0.39, 0.29) is 5.69 Å².